The van der Waals surface area contributed by atoms with Crippen molar-refractivity contribution >= 4 is 22.9 Å². The molecular weight excluding hydrogens is 218 g/mol. The van der Waals surface area contributed by atoms with Crippen molar-refractivity contribution < 1.29 is 0 Å². The quantitative estimate of drug-likeness (QED) is 0.787. The first kappa shape index (κ1) is 8.44. The smallest absolute Gasteiger partial charge is 0.211 e. The number of rotatable bonds is 2. The largest absolute Gasteiger partial charge is 0.227 e. The van der Waals surface area contributed by atoms with Gasteiger partial charge in [-0.25, -0.2) is 4.98 Å². The minimum Gasteiger partial charge on any atom is -0.227 e. The summed E-state index contributed by atoms with van der Waals surface area (Å²) >= 11 is 7.62. The van der Waals surface area contributed by atoms with Crippen molar-refractivity contribution in [3.05, 3.63) is 28.5 Å². The fourth-order valence-electron chi connectivity index (χ4n) is 1.41. The molecule has 0 atom stereocenters. The third kappa shape index (κ3) is 1.35. The number of thiazole rings is 1. The van der Waals surface area contributed by atoms with Crippen LogP contribution in [-0.2, 0) is 0 Å². The Balaban J connectivity index is 2.05. The minimum atomic E-state index is 0.633. The molecule has 0 bridgehead atoms. The second-order valence-electron chi connectivity index (χ2n) is 3.39. The molecule has 72 valence electrons. The first-order valence-corrected chi connectivity index (χ1v) is 5.75. The number of hydrogen-bond acceptors (Lipinski definition) is 3. The zero-order valence-electron chi connectivity index (χ0n) is 7.35. The average molecular weight is 226 g/mol. The summed E-state index contributed by atoms with van der Waals surface area (Å²) in [5, 5.41) is 7.86. The standard InChI is InChI=1S/C9H8ClN3S/c10-8-5-7(6-1-2-6)12-13(8)9-11-3-4-14-9/h3-6H,1-2H2. The van der Waals surface area contributed by atoms with Gasteiger partial charge in [0, 0.05) is 17.5 Å². The molecule has 1 aliphatic carbocycles. The summed E-state index contributed by atoms with van der Waals surface area (Å²) in [7, 11) is 0. The summed E-state index contributed by atoms with van der Waals surface area (Å²) < 4.78 is 1.71. The van der Waals surface area contributed by atoms with Crippen LogP contribution in [0.25, 0.3) is 5.13 Å². The van der Waals surface area contributed by atoms with Crippen LogP contribution < -0.4 is 0 Å². The molecule has 0 spiro atoms. The summed E-state index contributed by atoms with van der Waals surface area (Å²) in [6.45, 7) is 0. The van der Waals surface area contributed by atoms with Crippen molar-refractivity contribution in [3.8, 4) is 5.13 Å². The second-order valence-corrected chi connectivity index (χ2v) is 4.65. The van der Waals surface area contributed by atoms with Crippen LogP contribution in [0.4, 0.5) is 0 Å². The van der Waals surface area contributed by atoms with E-state index >= 15 is 0 Å². The molecule has 0 aromatic carbocycles. The normalized spacial score (nSPS) is 16.1. The molecular formula is C9H8ClN3S. The predicted molar refractivity (Wildman–Crippen MR) is 56.2 cm³/mol. The van der Waals surface area contributed by atoms with Crippen LogP contribution in [-0.4, -0.2) is 14.8 Å². The third-order valence-electron chi connectivity index (χ3n) is 2.28. The number of hydrogen-bond donors (Lipinski definition) is 0. The van der Waals surface area contributed by atoms with Gasteiger partial charge in [-0.1, -0.05) is 11.6 Å². The highest BCUT2D eigenvalue weighted by atomic mass is 35.5. The van der Waals surface area contributed by atoms with Crippen molar-refractivity contribution in [2.24, 2.45) is 0 Å². The number of halogens is 1. The summed E-state index contributed by atoms with van der Waals surface area (Å²) in [5.74, 6) is 0.633. The van der Waals surface area contributed by atoms with Gasteiger partial charge in [-0.3, -0.25) is 0 Å². The molecule has 0 amide bonds. The predicted octanol–water partition coefficient (Wildman–Crippen LogP) is 2.86. The van der Waals surface area contributed by atoms with E-state index in [2.05, 4.69) is 10.1 Å². The van der Waals surface area contributed by atoms with E-state index < -0.39 is 0 Å². The maximum Gasteiger partial charge on any atom is 0.211 e. The Kier molecular flexibility index (Phi) is 1.85. The van der Waals surface area contributed by atoms with Crippen LogP contribution in [0.1, 0.15) is 24.5 Å². The van der Waals surface area contributed by atoms with Crippen LogP contribution in [0.15, 0.2) is 17.6 Å². The molecule has 14 heavy (non-hydrogen) atoms. The molecule has 0 unspecified atom stereocenters. The lowest BCUT2D eigenvalue weighted by molar-refractivity contribution is 0.830. The topological polar surface area (TPSA) is 30.7 Å². The average Bonchev–Trinajstić information content (AvgIpc) is 2.75. The third-order valence-corrected chi connectivity index (χ3v) is 3.30. The lowest BCUT2D eigenvalue weighted by atomic mass is 10.3. The zero-order chi connectivity index (χ0) is 9.54. The summed E-state index contributed by atoms with van der Waals surface area (Å²) in [5.41, 5.74) is 1.10. The highest BCUT2D eigenvalue weighted by Crippen LogP contribution is 2.40. The molecule has 1 aliphatic rings. The van der Waals surface area contributed by atoms with Crippen molar-refractivity contribution in [3.63, 3.8) is 0 Å². The molecule has 3 nitrogen and oxygen atoms in total. The molecule has 3 rings (SSSR count). The second kappa shape index (κ2) is 3.07. The van der Waals surface area contributed by atoms with E-state index in [1.807, 2.05) is 11.4 Å². The van der Waals surface area contributed by atoms with Gasteiger partial charge in [0.1, 0.15) is 5.15 Å². The van der Waals surface area contributed by atoms with Crippen LogP contribution in [0, 0.1) is 0 Å². The van der Waals surface area contributed by atoms with E-state index in [1.165, 1.54) is 12.8 Å². The minimum absolute atomic E-state index is 0.633. The SMILES string of the molecule is Clc1cc(C2CC2)nn1-c1nccs1. The van der Waals surface area contributed by atoms with Gasteiger partial charge >= 0.3 is 0 Å². The summed E-state index contributed by atoms with van der Waals surface area (Å²) in [4.78, 5) is 4.17. The molecule has 0 radical (unpaired) electrons. The first-order chi connectivity index (χ1) is 6.84. The lowest BCUT2D eigenvalue weighted by Crippen LogP contribution is -1.95. The van der Waals surface area contributed by atoms with Crippen LogP contribution in [0.5, 0.6) is 0 Å². The molecule has 2 aromatic heterocycles. The van der Waals surface area contributed by atoms with Gasteiger partial charge in [0.25, 0.3) is 0 Å². The van der Waals surface area contributed by atoms with E-state index in [-0.39, 0.29) is 0 Å². The van der Waals surface area contributed by atoms with E-state index in [4.69, 9.17) is 11.6 Å². The molecule has 0 N–H and O–H groups in total. The Hall–Kier alpha value is -0.870. The zero-order valence-corrected chi connectivity index (χ0v) is 8.92. The van der Waals surface area contributed by atoms with Gasteiger partial charge in [-0.05, 0) is 18.9 Å². The van der Waals surface area contributed by atoms with Crippen LogP contribution in [0.3, 0.4) is 0 Å². The number of aromatic nitrogens is 3. The van der Waals surface area contributed by atoms with Crippen LogP contribution >= 0.6 is 22.9 Å². The Morgan fingerprint density at radius 1 is 1.50 bits per heavy atom. The maximum atomic E-state index is 6.08. The Morgan fingerprint density at radius 3 is 3.00 bits per heavy atom. The maximum absolute atomic E-state index is 6.08. The highest BCUT2D eigenvalue weighted by Gasteiger charge is 2.27. The number of nitrogens with zero attached hydrogens (tertiary/aromatic N) is 3. The van der Waals surface area contributed by atoms with Crippen molar-refractivity contribution in [2.75, 3.05) is 0 Å². The fourth-order valence-corrected chi connectivity index (χ4v) is 2.29. The van der Waals surface area contributed by atoms with Gasteiger partial charge in [-0.2, -0.15) is 9.78 Å². The lowest BCUT2D eigenvalue weighted by Gasteiger charge is -1.95. The van der Waals surface area contributed by atoms with E-state index in [0.29, 0.717) is 11.1 Å². The van der Waals surface area contributed by atoms with E-state index in [9.17, 15) is 0 Å². The van der Waals surface area contributed by atoms with Gasteiger partial charge < -0.3 is 0 Å². The highest BCUT2D eigenvalue weighted by molar-refractivity contribution is 7.12. The summed E-state index contributed by atoms with van der Waals surface area (Å²) in [6, 6.07) is 1.95. The fraction of sp³-hybridized carbons (Fsp3) is 0.333. The molecule has 1 saturated carbocycles. The van der Waals surface area contributed by atoms with Gasteiger partial charge in [0.15, 0.2) is 0 Å². The van der Waals surface area contributed by atoms with Gasteiger partial charge in [-0.15, -0.1) is 11.3 Å². The van der Waals surface area contributed by atoms with Crippen LogP contribution in [0.2, 0.25) is 5.15 Å². The summed E-state index contributed by atoms with van der Waals surface area (Å²) in [6.07, 6.45) is 4.24. The van der Waals surface area contributed by atoms with E-state index in [0.717, 1.165) is 10.8 Å². The Bertz CT molecular complexity index is 445. The molecule has 5 heteroatoms. The molecule has 1 fully saturated rings. The van der Waals surface area contributed by atoms with Gasteiger partial charge in [0.05, 0.1) is 5.69 Å². The van der Waals surface area contributed by atoms with Gasteiger partial charge in [0.2, 0.25) is 5.13 Å². The molecule has 2 heterocycles. The monoisotopic (exact) mass is 225 g/mol. The Morgan fingerprint density at radius 2 is 2.36 bits per heavy atom. The van der Waals surface area contributed by atoms with Crippen molar-refractivity contribution in [2.45, 2.75) is 18.8 Å². The van der Waals surface area contributed by atoms with Crippen molar-refractivity contribution in [1.29, 1.82) is 0 Å². The van der Waals surface area contributed by atoms with Crippen molar-refractivity contribution in [1.82, 2.24) is 14.8 Å². The molecule has 2 aromatic rings. The Labute approximate surface area is 90.3 Å². The first-order valence-electron chi connectivity index (χ1n) is 4.50. The van der Waals surface area contributed by atoms with E-state index in [1.54, 1.807) is 22.2 Å². The molecule has 0 aliphatic heterocycles. The molecule has 0 saturated heterocycles.